The van der Waals surface area contributed by atoms with Crippen LogP contribution in [0, 0.1) is 5.92 Å². The van der Waals surface area contributed by atoms with Crippen molar-refractivity contribution in [1.82, 2.24) is 0 Å². The summed E-state index contributed by atoms with van der Waals surface area (Å²) >= 11 is 0. The van der Waals surface area contributed by atoms with Gasteiger partial charge < -0.3 is 0 Å². The van der Waals surface area contributed by atoms with Gasteiger partial charge in [-0.2, -0.15) is 26.3 Å². The van der Waals surface area contributed by atoms with Gasteiger partial charge in [0, 0.05) is 5.56 Å². The zero-order chi connectivity index (χ0) is 15.8. The fourth-order valence-corrected chi connectivity index (χ4v) is 2.54. The van der Waals surface area contributed by atoms with E-state index in [0.29, 0.717) is 12.0 Å². The number of halogens is 6. The fourth-order valence-electron chi connectivity index (χ4n) is 2.54. The van der Waals surface area contributed by atoms with E-state index in [9.17, 15) is 31.1 Å². The van der Waals surface area contributed by atoms with E-state index in [1.807, 2.05) is 0 Å². The molecule has 116 valence electrons. The van der Waals surface area contributed by atoms with Crippen LogP contribution >= 0.6 is 0 Å². The van der Waals surface area contributed by atoms with Crippen molar-refractivity contribution in [3.63, 3.8) is 0 Å². The van der Waals surface area contributed by atoms with Crippen LogP contribution in [-0.2, 0) is 12.8 Å². The zero-order valence-corrected chi connectivity index (χ0v) is 10.8. The van der Waals surface area contributed by atoms with E-state index in [4.69, 9.17) is 0 Å². The van der Waals surface area contributed by atoms with Gasteiger partial charge >= 0.3 is 12.4 Å². The van der Waals surface area contributed by atoms with Gasteiger partial charge in [0.1, 0.15) is 0 Å². The molecule has 0 bridgehead atoms. The first-order chi connectivity index (χ1) is 9.60. The van der Waals surface area contributed by atoms with Crippen molar-refractivity contribution < 1.29 is 31.1 Å². The molecule has 0 spiro atoms. The first-order valence-corrected chi connectivity index (χ1v) is 6.40. The van der Waals surface area contributed by atoms with Crippen LogP contribution in [0.5, 0.6) is 0 Å². The molecule has 1 aromatic rings. The number of ketones is 1. The third-order valence-electron chi connectivity index (χ3n) is 3.55. The van der Waals surface area contributed by atoms with Crippen molar-refractivity contribution in [3.05, 3.63) is 34.9 Å². The number of hydrogen-bond acceptors (Lipinski definition) is 1. The second-order valence-corrected chi connectivity index (χ2v) is 5.07. The van der Waals surface area contributed by atoms with Crippen LogP contribution < -0.4 is 0 Å². The summed E-state index contributed by atoms with van der Waals surface area (Å²) in [5.74, 6) is -5.91. The van der Waals surface area contributed by atoms with E-state index in [1.54, 1.807) is 0 Å². The third kappa shape index (κ3) is 3.39. The predicted molar refractivity (Wildman–Crippen MR) is 63.0 cm³/mol. The first-order valence-electron chi connectivity index (χ1n) is 6.40. The first kappa shape index (κ1) is 15.9. The fraction of sp³-hybridized carbons (Fsp3) is 0.500. The summed E-state index contributed by atoms with van der Waals surface area (Å²) in [6.45, 7) is 0. The number of benzene rings is 1. The maximum Gasteiger partial charge on any atom is 0.407 e. The summed E-state index contributed by atoms with van der Waals surface area (Å²) < 4.78 is 75.3. The molecule has 1 aliphatic carbocycles. The number of carbonyl (C=O) groups is 1. The number of rotatable bonds is 2. The Bertz CT molecular complexity index is 529. The molecule has 21 heavy (non-hydrogen) atoms. The quantitative estimate of drug-likeness (QED) is 0.581. The lowest BCUT2D eigenvalue weighted by Crippen LogP contribution is -2.42. The molecular weight excluding hydrogens is 298 g/mol. The molecule has 0 aromatic heterocycles. The highest BCUT2D eigenvalue weighted by Gasteiger charge is 2.60. The van der Waals surface area contributed by atoms with E-state index in [1.165, 1.54) is 12.1 Å². The van der Waals surface area contributed by atoms with Crippen LogP contribution in [0.2, 0.25) is 0 Å². The second-order valence-electron chi connectivity index (χ2n) is 5.07. The normalized spacial score (nSPS) is 16.0. The molecule has 0 saturated heterocycles. The lowest BCUT2D eigenvalue weighted by Gasteiger charge is -2.23. The number of hydrogen-bond donors (Lipinski definition) is 0. The Morgan fingerprint density at radius 3 is 1.95 bits per heavy atom. The average molecular weight is 310 g/mol. The van der Waals surface area contributed by atoms with E-state index in [-0.39, 0.29) is 0 Å². The molecular formula is C14H12F6O. The Hall–Kier alpha value is -1.53. The maximum atomic E-state index is 12.6. The molecule has 0 radical (unpaired) electrons. The van der Waals surface area contributed by atoms with Crippen LogP contribution in [0.4, 0.5) is 26.3 Å². The second kappa shape index (κ2) is 5.35. The highest BCUT2D eigenvalue weighted by Crippen LogP contribution is 2.41. The van der Waals surface area contributed by atoms with E-state index >= 15 is 0 Å². The number of carbonyl (C=O) groups excluding carboxylic acids is 1. The van der Waals surface area contributed by atoms with Crippen LogP contribution in [0.1, 0.15) is 34.3 Å². The molecule has 2 rings (SSSR count). The predicted octanol–water partition coefficient (Wildman–Crippen LogP) is 4.49. The van der Waals surface area contributed by atoms with Crippen molar-refractivity contribution in [2.24, 2.45) is 5.92 Å². The van der Waals surface area contributed by atoms with Gasteiger partial charge in [-0.15, -0.1) is 0 Å². The molecule has 0 unspecified atom stereocenters. The minimum Gasteiger partial charge on any atom is -0.293 e. The molecule has 7 heteroatoms. The number of alkyl halides is 6. The van der Waals surface area contributed by atoms with E-state index in [2.05, 4.69) is 0 Å². The van der Waals surface area contributed by atoms with Crippen molar-refractivity contribution in [3.8, 4) is 0 Å². The van der Waals surface area contributed by atoms with E-state index < -0.39 is 29.6 Å². The van der Waals surface area contributed by atoms with Crippen LogP contribution in [0.15, 0.2) is 18.2 Å². The van der Waals surface area contributed by atoms with Gasteiger partial charge in [-0.05, 0) is 42.9 Å². The molecule has 0 saturated carbocycles. The molecule has 1 aromatic carbocycles. The zero-order valence-electron chi connectivity index (χ0n) is 10.8. The van der Waals surface area contributed by atoms with Crippen molar-refractivity contribution >= 4 is 5.78 Å². The minimum atomic E-state index is -5.65. The topological polar surface area (TPSA) is 17.1 Å². The number of aryl methyl sites for hydroxylation is 2. The van der Waals surface area contributed by atoms with Crippen molar-refractivity contribution in [1.29, 1.82) is 0 Å². The number of Topliss-reactive ketones (excluding diaryl/α,β-unsaturated/α-hetero) is 1. The van der Waals surface area contributed by atoms with E-state index in [0.717, 1.165) is 30.9 Å². The van der Waals surface area contributed by atoms with Crippen LogP contribution in [0.25, 0.3) is 0 Å². The lowest BCUT2D eigenvalue weighted by atomic mass is 9.87. The van der Waals surface area contributed by atoms with Gasteiger partial charge in [0.2, 0.25) is 5.92 Å². The Balaban J connectivity index is 2.38. The molecule has 0 fully saturated rings. The lowest BCUT2D eigenvalue weighted by molar-refractivity contribution is -0.264. The molecule has 0 heterocycles. The summed E-state index contributed by atoms with van der Waals surface area (Å²) in [4.78, 5) is 11.7. The van der Waals surface area contributed by atoms with Gasteiger partial charge in [-0.1, -0.05) is 12.1 Å². The smallest absolute Gasteiger partial charge is 0.293 e. The van der Waals surface area contributed by atoms with Gasteiger partial charge in [0.05, 0.1) is 0 Å². The summed E-state index contributed by atoms with van der Waals surface area (Å²) in [5.41, 5.74) is 1.01. The van der Waals surface area contributed by atoms with Gasteiger partial charge in [-0.25, -0.2) is 0 Å². The van der Waals surface area contributed by atoms with Crippen molar-refractivity contribution in [2.45, 2.75) is 38.0 Å². The highest BCUT2D eigenvalue weighted by molar-refractivity contribution is 5.99. The van der Waals surface area contributed by atoms with Gasteiger partial charge in [-0.3, -0.25) is 4.79 Å². The molecule has 1 aliphatic rings. The SMILES string of the molecule is O=C(c1ccc2c(c1)CCCC2)C(C(F)(F)F)C(F)(F)F. The van der Waals surface area contributed by atoms with Crippen LogP contribution in [0.3, 0.4) is 0 Å². The molecule has 0 amide bonds. The molecule has 0 atom stereocenters. The maximum absolute atomic E-state index is 12.6. The molecule has 0 aliphatic heterocycles. The van der Waals surface area contributed by atoms with Crippen molar-refractivity contribution in [2.75, 3.05) is 0 Å². The monoisotopic (exact) mass is 310 g/mol. The summed E-state index contributed by atoms with van der Waals surface area (Å²) in [6, 6.07) is 3.67. The highest BCUT2D eigenvalue weighted by atomic mass is 19.4. The Kier molecular flexibility index (Phi) is 4.04. The average Bonchev–Trinajstić information content (AvgIpc) is 2.34. The summed E-state index contributed by atoms with van der Waals surface area (Å²) in [6.07, 6.45) is -8.26. The minimum absolute atomic E-state index is 0.532. The third-order valence-corrected chi connectivity index (χ3v) is 3.55. The van der Waals surface area contributed by atoms with Gasteiger partial charge in [0.15, 0.2) is 5.78 Å². The number of fused-ring (bicyclic) bond motifs is 1. The van der Waals surface area contributed by atoms with Gasteiger partial charge in [0.25, 0.3) is 0 Å². The Morgan fingerprint density at radius 1 is 0.905 bits per heavy atom. The van der Waals surface area contributed by atoms with Crippen LogP contribution in [-0.4, -0.2) is 18.1 Å². The molecule has 0 N–H and O–H groups in total. The Morgan fingerprint density at radius 2 is 1.43 bits per heavy atom. The summed E-state index contributed by atoms with van der Waals surface area (Å²) in [7, 11) is 0. The summed E-state index contributed by atoms with van der Waals surface area (Å²) in [5, 5.41) is 0. The standard InChI is InChI=1S/C14H12F6O/c15-13(16,17)12(14(18,19)20)11(21)10-6-5-8-3-1-2-4-9(8)7-10/h5-7,12H,1-4H2. The molecule has 1 nitrogen and oxygen atoms in total. The Labute approximate surface area is 116 Å². The largest absolute Gasteiger partial charge is 0.407 e.